The molecule has 2 aromatic carbocycles. The lowest BCUT2D eigenvalue weighted by atomic mass is 9.65. The van der Waals surface area contributed by atoms with Gasteiger partial charge in [0.25, 0.3) is 0 Å². The van der Waals surface area contributed by atoms with Crippen LogP contribution >= 0.6 is 0 Å². The van der Waals surface area contributed by atoms with Crippen molar-refractivity contribution in [2.24, 2.45) is 11.3 Å². The first-order valence-electron chi connectivity index (χ1n) is 16.8. The highest BCUT2D eigenvalue weighted by molar-refractivity contribution is 5.90. The topological polar surface area (TPSA) is 125 Å². The summed E-state index contributed by atoms with van der Waals surface area (Å²) in [6, 6.07) is 20.7. The van der Waals surface area contributed by atoms with Crippen LogP contribution in [-0.2, 0) is 18.9 Å². The van der Waals surface area contributed by atoms with E-state index in [1.165, 1.54) is 6.20 Å². The molecule has 3 aliphatic rings. The van der Waals surface area contributed by atoms with Gasteiger partial charge < -0.3 is 24.1 Å². The number of hydrogen-bond acceptors (Lipinski definition) is 9. The molecule has 49 heavy (non-hydrogen) atoms. The number of esters is 3. The minimum atomic E-state index is -1.37. The summed E-state index contributed by atoms with van der Waals surface area (Å²) in [5, 5.41) is 11.7. The summed E-state index contributed by atoms with van der Waals surface area (Å²) in [7, 11) is 0. The van der Waals surface area contributed by atoms with Crippen LogP contribution in [0.25, 0.3) is 0 Å². The summed E-state index contributed by atoms with van der Waals surface area (Å²) < 4.78 is 25.3. The molecule has 9 heteroatoms. The molecule has 1 saturated heterocycles. The van der Waals surface area contributed by atoms with Crippen molar-refractivity contribution < 1.29 is 38.4 Å². The van der Waals surface area contributed by atoms with Gasteiger partial charge >= 0.3 is 17.9 Å². The molecule has 256 valence electrons. The maximum absolute atomic E-state index is 13.8. The second-order valence-corrected chi connectivity index (χ2v) is 14.1. The minimum Gasteiger partial charge on any atom is -0.461 e. The number of allylic oxidation sites excluding steroid dienone is 2. The zero-order valence-corrected chi connectivity index (χ0v) is 28.3. The molecule has 1 aliphatic heterocycles. The normalized spacial score (nSPS) is 29.1. The van der Waals surface area contributed by atoms with Crippen LogP contribution in [0, 0.1) is 11.3 Å². The monoisotopic (exact) mass is 665 g/mol. The number of pyridine rings is 1. The molecule has 2 aliphatic carbocycles. The summed E-state index contributed by atoms with van der Waals surface area (Å²) in [6.45, 7) is 7.16. The van der Waals surface area contributed by atoms with E-state index >= 15 is 0 Å². The number of nitrogens with zero attached hydrogens (tertiary/aromatic N) is 1. The van der Waals surface area contributed by atoms with Gasteiger partial charge in [-0.05, 0) is 95.0 Å². The lowest BCUT2D eigenvalue weighted by Gasteiger charge is -2.46. The first-order chi connectivity index (χ1) is 23.4. The summed E-state index contributed by atoms with van der Waals surface area (Å²) >= 11 is 0. The number of carbonyl (C=O) groups is 3. The number of aliphatic hydroxyl groups is 1. The van der Waals surface area contributed by atoms with Crippen molar-refractivity contribution in [3.05, 3.63) is 125 Å². The van der Waals surface area contributed by atoms with Gasteiger partial charge in [-0.15, -0.1) is 0 Å². The fourth-order valence-corrected chi connectivity index (χ4v) is 7.37. The Morgan fingerprint density at radius 3 is 2.18 bits per heavy atom. The molecule has 0 saturated carbocycles. The molecule has 9 nitrogen and oxygen atoms in total. The number of hydrogen-bond donors (Lipinski definition) is 1. The van der Waals surface area contributed by atoms with Gasteiger partial charge in [0.05, 0.1) is 39.4 Å². The smallest absolute Gasteiger partial charge is 0.339 e. The lowest BCUT2D eigenvalue weighted by molar-refractivity contribution is -0.0877. The van der Waals surface area contributed by atoms with Gasteiger partial charge in [0.15, 0.2) is 0 Å². The van der Waals surface area contributed by atoms with Crippen LogP contribution in [0.15, 0.2) is 108 Å². The average Bonchev–Trinajstić information content (AvgIpc) is 3.56. The SMILES string of the molecule is C/C1=C\[C@H](OC(=O)c2ccccc2)[C@@]2(COC(=O)c3ccccc3)CC=C(C(C)(C)O)[C@@H]2[C@H](OC(=O)c2cccnc2)C[C@]2(C)O[C@H]2CC1. The Kier molecular flexibility index (Phi) is 9.60. The molecule has 0 spiro atoms. The second-order valence-electron chi connectivity index (χ2n) is 14.1. The highest BCUT2D eigenvalue weighted by atomic mass is 16.6. The minimum absolute atomic E-state index is 0.0832. The summed E-state index contributed by atoms with van der Waals surface area (Å²) in [5.41, 5.74) is -0.592. The van der Waals surface area contributed by atoms with Gasteiger partial charge in [-0.3, -0.25) is 4.98 Å². The number of epoxide rings is 1. The predicted molar refractivity (Wildman–Crippen MR) is 182 cm³/mol. The Hall–Kier alpha value is -4.60. The fraction of sp³-hybridized carbons (Fsp3) is 0.400. The Bertz CT molecular complexity index is 1730. The number of carbonyl (C=O) groups excluding carboxylic acids is 3. The van der Waals surface area contributed by atoms with Crippen molar-refractivity contribution in [2.75, 3.05) is 6.61 Å². The Labute approximate surface area is 286 Å². The van der Waals surface area contributed by atoms with E-state index in [0.29, 0.717) is 29.5 Å². The first-order valence-corrected chi connectivity index (χ1v) is 16.8. The second kappa shape index (κ2) is 13.7. The van der Waals surface area contributed by atoms with E-state index in [4.69, 9.17) is 18.9 Å². The molecule has 0 amide bonds. The van der Waals surface area contributed by atoms with E-state index in [2.05, 4.69) is 4.98 Å². The molecule has 6 atom stereocenters. The Balaban J connectivity index is 1.50. The molecule has 1 N–H and O–H groups in total. The first kappa shape index (κ1) is 34.3. The highest BCUT2D eigenvalue weighted by Crippen LogP contribution is 2.56. The number of fused-ring (bicyclic) bond motifs is 2. The number of benzene rings is 2. The van der Waals surface area contributed by atoms with E-state index in [9.17, 15) is 19.5 Å². The highest BCUT2D eigenvalue weighted by Gasteiger charge is 2.62. The molecule has 1 fully saturated rings. The van der Waals surface area contributed by atoms with Gasteiger partial charge in [-0.2, -0.15) is 0 Å². The lowest BCUT2D eigenvalue weighted by Crippen LogP contribution is -2.53. The number of aromatic nitrogens is 1. The zero-order chi connectivity index (χ0) is 34.8. The molecule has 0 bridgehead atoms. The van der Waals surface area contributed by atoms with Crippen LogP contribution in [0.5, 0.6) is 0 Å². The van der Waals surface area contributed by atoms with Crippen molar-refractivity contribution in [2.45, 2.75) is 82.9 Å². The molecule has 3 aromatic rings. The van der Waals surface area contributed by atoms with Gasteiger partial charge in [0.1, 0.15) is 18.8 Å². The molecular formula is C40H43NO8. The van der Waals surface area contributed by atoms with E-state index in [1.54, 1.807) is 80.7 Å². The van der Waals surface area contributed by atoms with Crippen LogP contribution in [0.3, 0.4) is 0 Å². The van der Waals surface area contributed by atoms with Crippen LogP contribution in [-0.4, -0.2) is 64.1 Å². The van der Waals surface area contributed by atoms with E-state index in [0.717, 1.165) is 12.0 Å². The zero-order valence-electron chi connectivity index (χ0n) is 28.3. The van der Waals surface area contributed by atoms with Crippen LogP contribution < -0.4 is 0 Å². The molecule has 0 unspecified atom stereocenters. The summed E-state index contributed by atoms with van der Waals surface area (Å²) in [5.74, 6) is -2.43. The largest absolute Gasteiger partial charge is 0.461 e. The Morgan fingerprint density at radius 2 is 1.55 bits per heavy atom. The van der Waals surface area contributed by atoms with Crippen molar-refractivity contribution in [1.82, 2.24) is 4.98 Å². The maximum Gasteiger partial charge on any atom is 0.339 e. The Morgan fingerprint density at radius 1 is 0.918 bits per heavy atom. The fourth-order valence-electron chi connectivity index (χ4n) is 7.37. The predicted octanol–water partition coefficient (Wildman–Crippen LogP) is 6.68. The van der Waals surface area contributed by atoms with Gasteiger partial charge in [0.2, 0.25) is 0 Å². The standard InChI is InChI=1S/C40H43NO8/c1-26-17-18-32-39(4,49-32)23-31(47-37(44)29-16-11-21-41-24-29)34-30(38(2,3)45)19-20-40(34,25-46-35(42)27-12-7-5-8-13-27)33(22-26)48-36(43)28-14-9-6-10-15-28/h5-16,19,21-22,24,31-34,45H,17-18,20,23,25H2,1-4H3/b26-22+/t31-,32+,33+,34-,39+,40+/m1/s1. The van der Waals surface area contributed by atoms with Crippen molar-refractivity contribution >= 4 is 17.9 Å². The number of ether oxygens (including phenoxy) is 4. The van der Waals surface area contributed by atoms with Crippen molar-refractivity contribution in [3.63, 3.8) is 0 Å². The van der Waals surface area contributed by atoms with Crippen molar-refractivity contribution in [1.29, 1.82) is 0 Å². The quantitative estimate of drug-likeness (QED) is 0.121. The van der Waals surface area contributed by atoms with Crippen LogP contribution in [0.4, 0.5) is 0 Å². The van der Waals surface area contributed by atoms with E-state index < -0.39 is 52.7 Å². The van der Waals surface area contributed by atoms with Crippen LogP contribution in [0.1, 0.15) is 84.5 Å². The van der Waals surface area contributed by atoms with E-state index in [1.807, 2.05) is 38.1 Å². The molecule has 0 radical (unpaired) electrons. The van der Waals surface area contributed by atoms with Gasteiger partial charge in [0, 0.05) is 24.7 Å². The van der Waals surface area contributed by atoms with Gasteiger partial charge in [-0.25, -0.2) is 14.4 Å². The molecular weight excluding hydrogens is 622 g/mol. The van der Waals surface area contributed by atoms with E-state index in [-0.39, 0.29) is 24.7 Å². The average molecular weight is 666 g/mol. The molecule has 2 heterocycles. The summed E-state index contributed by atoms with van der Waals surface area (Å²) in [4.78, 5) is 45.2. The number of rotatable bonds is 8. The maximum atomic E-state index is 13.8. The summed E-state index contributed by atoms with van der Waals surface area (Å²) in [6.07, 6.45) is 6.92. The van der Waals surface area contributed by atoms with Crippen molar-refractivity contribution in [3.8, 4) is 0 Å². The van der Waals surface area contributed by atoms with Crippen LogP contribution in [0.2, 0.25) is 0 Å². The third-order valence-corrected chi connectivity index (χ3v) is 10.1. The third-order valence-electron chi connectivity index (χ3n) is 10.1. The molecule has 6 rings (SSSR count). The molecule has 1 aromatic heterocycles. The third kappa shape index (κ3) is 7.38. The van der Waals surface area contributed by atoms with Gasteiger partial charge in [-0.1, -0.05) is 48.0 Å².